The van der Waals surface area contributed by atoms with Crippen LogP contribution in [-0.4, -0.2) is 60.9 Å². The normalized spacial score (nSPS) is 19.8. The Kier molecular flexibility index (Phi) is 6.12. The maximum atomic E-state index is 12.5. The number of carbonyl (C=O) groups is 3. The molecule has 1 atom stereocenters. The largest absolute Gasteiger partial charge is 0.379 e. The summed E-state index contributed by atoms with van der Waals surface area (Å²) in [7, 11) is 0. The number of Topliss-reactive ketones (excluding diaryl/α,β-unsaturated/α-hetero) is 1. The highest BCUT2D eigenvalue weighted by Gasteiger charge is 2.33. The first-order valence-corrected chi connectivity index (χ1v) is 11.1. The third-order valence-corrected chi connectivity index (χ3v) is 6.04. The highest BCUT2D eigenvalue weighted by Crippen LogP contribution is 2.29. The molecule has 2 aromatic rings. The molecule has 0 spiro atoms. The topological polar surface area (TPSA) is 100 Å². The molecule has 170 valence electrons. The number of aliphatic imine (C=N–C) groups is 2. The molecule has 0 aromatic heterocycles. The summed E-state index contributed by atoms with van der Waals surface area (Å²) >= 11 is 0. The van der Waals surface area contributed by atoms with Crippen LogP contribution >= 0.6 is 0 Å². The molecule has 0 aliphatic carbocycles. The molecule has 0 bridgehead atoms. The van der Waals surface area contributed by atoms with Crippen molar-refractivity contribution in [2.75, 3.05) is 26.3 Å². The number of benzene rings is 2. The van der Waals surface area contributed by atoms with Crippen molar-refractivity contribution in [2.24, 2.45) is 9.98 Å². The average Bonchev–Trinajstić information content (AvgIpc) is 3.17. The summed E-state index contributed by atoms with van der Waals surface area (Å²) in [5, 5.41) is 2.85. The monoisotopic (exact) mass is 454 g/mol. The summed E-state index contributed by atoms with van der Waals surface area (Å²) in [5.41, 5.74) is 4.23. The van der Waals surface area contributed by atoms with Crippen LogP contribution in [0.5, 0.6) is 0 Å². The van der Waals surface area contributed by atoms with Gasteiger partial charge >= 0.3 is 5.91 Å². The summed E-state index contributed by atoms with van der Waals surface area (Å²) in [6.45, 7) is 4.36. The van der Waals surface area contributed by atoms with E-state index >= 15 is 0 Å². The summed E-state index contributed by atoms with van der Waals surface area (Å²) in [4.78, 5) is 45.6. The highest BCUT2D eigenvalue weighted by molar-refractivity contribution is 6.66. The molecule has 3 aliphatic heterocycles. The molecule has 2 amide bonds. The van der Waals surface area contributed by atoms with E-state index in [9.17, 15) is 14.4 Å². The molecule has 0 saturated carbocycles. The maximum absolute atomic E-state index is 12.5. The second kappa shape index (κ2) is 9.51. The predicted octanol–water partition coefficient (Wildman–Crippen LogP) is 1.67. The number of carbonyl (C=O) groups excluding carboxylic acids is 3. The lowest BCUT2D eigenvalue weighted by atomic mass is 9.97. The Morgan fingerprint density at radius 2 is 1.74 bits per heavy atom. The molecule has 1 fully saturated rings. The zero-order valence-corrected chi connectivity index (χ0v) is 18.4. The lowest BCUT2D eigenvalue weighted by Crippen LogP contribution is -2.35. The molecule has 8 nitrogen and oxygen atoms in total. The molecule has 3 aliphatic rings. The van der Waals surface area contributed by atoms with Crippen molar-refractivity contribution in [3.8, 4) is 11.8 Å². The minimum atomic E-state index is -0.839. The van der Waals surface area contributed by atoms with E-state index in [0.717, 1.165) is 55.9 Å². The zero-order chi connectivity index (χ0) is 23.5. The Hall–Kier alpha value is -3.93. The smallest absolute Gasteiger partial charge is 0.320 e. The summed E-state index contributed by atoms with van der Waals surface area (Å²) in [5.74, 6) is 4.47. The van der Waals surface area contributed by atoms with E-state index in [4.69, 9.17) is 4.74 Å². The van der Waals surface area contributed by atoms with E-state index in [1.807, 2.05) is 24.3 Å². The van der Waals surface area contributed by atoms with E-state index in [2.05, 4.69) is 44.2 Å². The van der Waals surface area contributed by atoms with Crippen molar-refractivity contribution in [1.29, 1.82) is 0 Å². The number of rotatable bonds is 4. The number of fused-ring (bicyclic) bond motifs is 1. The van der Waals surface area contributed by atoms with Gasteiger partial charge in [-0.15, -0.1) is 0 Å². The zero-order valence-electron chi connectivity index (χ0n) is 18.4. The van der Waals surface area contributed by atoms with E-state index in [1.165, 1.54) is 5.56 Å². The van der Waals surface area contributed by atoms with E-state index in [-0.39, 0.29) is 18.0 Å². The summed E-state index contributed by atoms with van der Waals surface area (Å²) in [6.07, 6.45) is 1.21. The van der Waals surface area contributed by atoms with Crippen LogP contribution in [0.15, 0.2) is 52.4 Å². The molecule has 1 unspecified atom stereocenters. The number of amides is 2. The minimum absolute atomic E-state index is 0.0964. The Morgan fingerprint density at radius 3 is 2.53 bits per heavy atom. The summed E-state index contributed by atoms with van der Waals surface area (Å²) in [6, 6.07) is 13.2. The van der Waals surface area contributed by atoms with Crippen LogP contribution in [0.4, 0.5) is 0 Å². The fraction of sp³-hybridized carbons (Fsp3) is 0.269. The van der Waals surface area contributed by atoms with E-state index < -0.39 is 17.7 Å². The van der Waals surface area contributed by atoms with Gasteiger partial charge < -0.3 is 10.1 Å². The van der Waals surface area contributed by atoms with Crippen molar-refractivity contribution >= 4 is 29.6 Å². The molecular formula is C26H22N4O4. The first-order valence-electron chi connectivity index (χ1n) is 11.1. The molecule has 1 saturated heterocycles. The second-order valence-electron chi connectivity index (χ2n) is 8.32. The molecule has 1 N–H and O–H groups in total. The number of hydrogen-bond acceptors (Lipinski definition) is 6. The van der Waals surface area contributed by atoms with Crippen molar-refractivity contribution in [3.05, 3.63) is 70.3 Å². The minimum Gasteiger partial charge on any atom is -0.379 e. The average molecular weight is 454 g/mol. The Balaban J connectivity index is 1.27. The number of nitrogens with one attached hydrogen (secondary N) is 1. The maximum Gasteiger partial charge on any atom is 0.320 e. The third kappa shape index (κ3) is 4.71. The number of hydrogen-bond donors (Lipinski definition) is 1. The number of ether oxygens (including phenoxy) is 1. The van der Waals surface area contributed by atoms with Gasteiger partial charge in [0.25, 0.3) is 11.7 Å². The van der Waals surface area contributed by atoms with Gasteiger partial charge in [0.05, 0.1) is 25.0 Å². The Labute approximate surface area is 196 Å². The van der Waals surface area contributed by atoms with E-state index in [1.54, 1.807) is 6.07 Å². The first kappa shape index (κ1) is 21.9. The van der Waals surface area contributed by atoms with Gasteiger partial charge in [0.2, 0.25) is 0 Å². The predicted molar refractivity (Wildman–Crippen MR) is 126 cm³/mol. The standard InChI is InChI=1S/C26H22N4O4/c31-24-23(27-16-28-26(24)33)14-22-20-8-7-18(13-21(20)25(32)29-22)4-1-17-2-5-19(6-3-17)15-30-9-11-34-12-10-30/h2-3,5-8,13,16,22H,9-12,14-15H2,(H,29,32). The van der Waals surface area contributed by atoms with Crippen LogP contribution < -0.4 is 5.32 Å². The van der Waals surface area contributed by atoms with Crippen LogP contribution in [0.1, 0.15) is 45.1 Å². The van der Waals surface area contributed by atoms with Gasteiger partial charge in [-0.3, -0.25) is 19.3 Å². The molecular weight excluding hydrogens is 432 g/mol. The second-order valence-corrected chi connectivity index (χ2v) is 8.32. The number of morpholine rings is 1. The Bertz CT molecular complexity index is 1280. The molecule has 34 heavy (non-hydrogen) atoms. The fourth-order valence-corrected chi connectivity index (χ4v) is 4.20. The lowest BCUT2D eigenvalue weighted by Gasteiger charge is -2.26. The Morgan fingerprint density at radius 1 is 1.00 bits per heavy atom. The van der Waals surface area contributed by atoms with Crippen LogP contribution in [0, 0.1) is 11.8 Å². The number of ketones is 1. The van der Waals surface area contributed by atoms with Crippen molar-refractivity contribution in [1.82, 2.24) is 10.2 Å². The van der Waals surface area contributed by atoms with Gasteiger partial charge in [-0.25, -0.2) is 4.99 Å². The van der Waals surface area contributed by atoms with Gasteiger partial charge in [0, 0.05) is 42.7 Å². The molecule has 8 heteroatoms. The highest BCUT2D eigenvalue weighted by atomic mass is 16.5. The lowest BCUT2D eigenvalue weighted by molar-refractivity contribution is -0.132. The first-order chi connectivity index (χ1) is 16.6. The quantitative estimate of drug-likeness (QED) is 0.560. The third-order valence-electron chi connectivity index (χ3n) is 6.04. The van der Waals surface area contributed by atoms with Crippen molar-refractivity contribution in [3.63, 3.8) is 0 Å². The van der Waals surface area contributed by atoms with Gasteiger partial charge in [-0.05, 0) is 35.4 Å². The van der Waals surface area contributed by atoms with Gasteiger partial charge in [-0.1, -0.05) is 30.0 Å². The van der Waals surface area contributed by atoms with Crippen LogP contribution in [0.3, 0.4) is 0 Å². The van der Waals surface area contributed by atoms with Gasteiger partial charge in [0.15, 0.2) is 0 Å². The van der Waals surface area contributed by atoms with Crippen LogP contribution in [0.2, 0.25) is 0 Å². The van der Waals surface area contributed by atoms with Gasteiger partial charge in [0.1, 0.15) is 6.34 Å². The van der Waals surface area contributed by atoms with Crippen LogP contribution in [-0.2, 0) is 20.9 Å². The van der Waals surface area contributed by atoms with Gasteiger partial charge in [-0.2, -0.15) is 4.99 Å². The SMILES string of the molecule is O=C1N=CN=C(CC2NC(=O)c3cc(C#Cc4ccc(CN5CCOCC5)cc4)ccc32)C1=O. The van der Waals surface area contributed by atoms with E-state index in [0.29, 0.717) is 5.56 Å². The molecule has 0 radical (unpaired) electrons. The summed E-state index contributed by atoms with van der Waals surface area (Å²) < 4.78 is 5.39. The molecule has 3 heterocycles. The fourth-order valence-electron chi connectivity index (χ4n) is 4.20. The molecule has 2 aromatic carbocycles. The number of nitrogens with zero attached hydrogens (tertiary/aromatic N) is 3. The van der Waals surface area contributed by atoms with Crippen LogP contribution in [0.25, 0.3) is 0 Å². The van der Waals surface area contributed by atoms with Crippen molar-refractivity contribution < 1.29 is 19.1 Å². The van der Waals surface area contributed by atoms with Crippen molar-refractivity contribution in [2.45, 2.75) is 19.0 Å². The molecule has 5 rings (SSSR count).